The molecule has 0 aromatic heterocycles. The molecular formula is C90H96N8O16. The van der Waals surface area contributed by atoms with E-state index in [1.54, 1.807) is 201 Å². The average molecular weight is 1550 g/mol. The van der Waals surface area contributed by atoms with E-state index in [1.807, 2.05) is 0 Å². The molecule has 0 saturated carbocycles. The van der Waals surface area contributed by atoms with Crippen LogP contribution < -0.4 is 42.5 Å². The number of aryl methyl sites for hydroxylation is 8. The Morgan fingerprint density at radius 2 is 0.281 bits per heavy atom. The molecular weight excluding hydrogens is 1450 g/mol. The molecule has 0 amide bonds. The predicted octanol–water partition coefficient (Wildman–Crippen LogP) is 10.6. The maximum absolute atomic E-state index is 17.7. The summed E-state index contributed by atoms with van der Waals surface area (Å²) in [5.74, 6) is -11.7. The zero-order valence-corrected chi connectivity index (χ0v) is 64.6. The van der Waals surface area contributed by atoms with Crippen LogP contribution in [0.1, 0.15) is 127 Å². The zero-order chi connectivity index (χ0) is 82.2. The Balaban J connectivity index is 1.59. The molecule has 0 aliphatic carbocycles. The lowest BCUT2D eigenvalue weighted by Gasteiger charge is -2.33. The number of rotatable bonds is 40. The number of benzene rings is 10. The first-order valence-electron chi connectivity index (χ1n) is 37.4. The van der Waals surface area contributed by atoms with Crippen molar-refractivity contribution in [3.63, 3.8) is 0 Å². The third-order valence-corrected chi connectivity index (χ3v) is 19.9. The lowest BCUT2D eigenvalue weighted by atomic mass is 9.71. The van der Waals surface area contributed by atoms with Gasteiger partial charge in [-0.25, -0.2) is 0 Å². The number of Topliss-reactive ketones (excluding diaryl/α,β-unsaturated/α-hetero) is 8. The second-order valence-corrected chi connectivity index (χ2v) is 28.6. The summed E-state index contributed by atoms with van der Waals surface area (Å²) in [6.45, 7) is 4.35. The van der Waals surface area contributed by atoms with Crippen LogP contribution in [0.4, 0.5) is 45.5 Å². The van der Waals surface area contributed by atoms with E-state index in [2.05, 4.69) is 42.5 Å². The fourth-order valence-corrected chi connectivity index (χ4v) is 13.5. The van der Waals surface area contributed by atoms with E-state index in [0.717, 1.165) is 44.5 Å². The molecule has 0 radical (unpaired) electrons. The van der Waals surface area contributed by atoms with Gasteiger partial charge in [0, 0.05) is 101 Å². The fraction of sp³-hybridized carbons (Fsp3) is 0.267. The molecule has 0 unspecified atom stereocenters. The highest BCUT2D eigenvalue weighted by Gasteiger charge is 2.48. The Kier molecular flexibility index (Phi) is 28.4. The summed E-state index contributed by atoms with van der Waals surface area (Å²) in [6, 6.07) is 34.6. The molecule has 10 aromatic carbocycles. The number of nitrogens with one attached hydrogen (secondary N) is 8. The third-order valence-electron chi connectivity index (χ3n) is 19.9. The van der Waals surface area contributed by atoms with Crippen molar-refractivity contribution in [2.24, 2.45) is 0 Å². The number of hydrogen-bond acceptors (Lipinski definition) is 24. The van der Waals surface area contributed by atoms with E-state index in [1.165, 1.54) is 48.5 Å². The standard InChI is InChI=1S/C90H96N8O16/c1-49-9-25-57(26-10-49)91-65(41-99)83(107)75-73-74(77(85(109)67(43-101)93-59-29-13-51(3)14-30-59)80(88(112)70(46-104)96-62-35-19-54(6)20-36-62)79(75)87(111)69(45-103)95-61-33-17-53(5)18-34-61)78(86(110)68(44-102)94-60-31-15-52(4)16-32-60)82(90(114)72(48-106)98-64-39-23-56(8)24-40-64)81(89(113)71(47-105)97-63-37-21-55(7)22-38-63)76(73)84(108)66(42-100)92-58-27-11-50(2)12-28-58/h9-40,65-72,91-106H,41-48H2,1-8H3/t65-,66-,67-,68-,69-,70-,71-,72-/m0/s1. The van der Waals surface area contributed by atoms with Gasteiger partial charge in [-0.2, -0.15) is 0 Å². The first kappa shape index (κ1) is 84.4. The molecule has 592 valence electrons. The van der Waals surface area contributed by atoms with Crippen LogP contribution in [0.5, 0.6) is 0 Å². The molecule has 16 N–H and O–H groups in total. The van der Waals surface area contributed by atoms with Crippen molar-refractivity contribution in [3.8, 4) is 0 Å². The van der Waals surface area contributed by atoms with Crippen LogP contribution >= 0.6 is 0 Å². The summed E-state index contributed by atoms with van der Waals surface area (Å²) < 4.78 is 0. The number of hydrogen-bond donors (Lipinski definition) is 16. The van der Waals surface area contributed by atoms with Gasteiger partial charge in [-0.1, -0.05) is 142 Å². The molecule has 24 nitrogen and oxygen atoms in total. The Morgan fingerprint density at radius 3 is 0.377 bits per heavy atom. The van der Waals surface area contributed by atoms with Crippen molar-refractivity contribution in [2.75, 3.05) is 95.4 Å². The highest BCUT2D eigenvalue weighted by atomic mass is 16.3. The highest BCUT2D eigenvalue weighted by Crippen LogP contribution is 2.45. The SMILES string of the molecule is Cc1ccc(N[C@@H](CO)C(=O)c2c(C(=O)[C@H](CO)Nc3ccc(C)cc3)c(C(=O)[C@H](CO)Nc3ccc(C)cc3)c3c(C(=O)[C@H](CO)Nc4ccc(C)cc4)c(C(=O)[C@H](CO)Nc4ccc(C)cc4)c(C(=O)[C@H](CO)Nc4ccc(C)cc4)c(C(=O)[C@H](CO)Nc4ccc(C)cc4)c3c2C(=O)[C@H](CO)Nc2ccc(C)cc2)cc1. The van der Waals surface area contributed by atoms with Crippen LogP contribution in [0, 0.1) is 55.4 Å². The Hall–Kier alpha value is -12.1. The number of aliphatic hydroxyl groups is 8. The number of anilines is 8. The molecule has 0 heterocycles. The predicted molar refractivity (Wildman–Crippen MR) is 444 cm³/mol. The van der Waals surface area contributed by atoms with Crippen molar-refractivity contribution in [2.45, 2.75) is 104 Å². The van der Waals surface area contributed by atoms with Gasteiger partial charge in [0.2, 0.25) is 0 Å². The van der Waals surface area contributed by atoms with Crippen molar-refractivity contribution in [3.05, 3.63) is 283 Å². The monoisotopic (exact) mass is 1540 g/mol. The smallest absolute Gasteiger partial charge is 0.188 e. The lowest BCUT2D eigenvalue weighted by Crippen LogP contribution is -2.45. The number of carbonyl (C=O) groups is 8. The van der Waals surface area contributed by atoms with Gasteiger partial charge in [0.25, 0.3) is 0 Å². The molecule has 114 heavy (non-hydrogen) atoms. The van der Waals surface area contributed by atoms with Gasteiger partial charge in [0.15, 0.2) is 46.3 Å². The topological polar surface area (TPSA) is 395 Å². The summed E-state index contributed by atoms with van der Waals surface area (Å²) in [7, 11) is 0. The molecule has 0 fully saturated rings. The highest BCUT2D eigenvalue weighted by molar-refractivity contribution is 6.39. The van der Waals surface area contributed by atoms with Gasteiger partial charge < -0.3 is 83.4 Å². The van der Waals surface area contributed by atoms with Crippen LogP contribution in [-0.4, -0.2) is 188 Å². The second kappa shape index (κ2) is 38.4. The lowest BCUT2D eigenvalue weighted by molar-refractivity contribution is 0.0875. The molecule has 0 bridgehead atoms. The third kappa shape index (κ3) is 19.5. The maximum atomic E-state index is 17.7. The fourth-order valence-electron chi connectivity index (χ4n) is 13.5. The van der Waals surface area contributed by atoms with Crippen molar-refractivity contribution in [1.82, 2.24) is 0 Å². The van der Waals surface area contributed by atoms with E-state index in [-0.39, 0.29) is 45.5 Å². The van der Waals surface area contributed by atoms with Gasteiger partial charge in [0.05, 0.1) is 52.9 Å². The van der Waals surface area contributed by atoms with Gasteiger partial charge in [-0.05, 0) is 152 Å². The van der Waals surface area contributed by atoms with Gasteiger partial charge >= 0.3 is 0 Å². The first-order chi connectivity index (χ1) is 54.8. The summed E-state index contributed by atoms with van der Waals surface area (Å²) in [6.07, 6.45) is 0. The minimum atomic E-state index is -2.08. The maximum Gasteiger partial charge on any atom is 0.188 e. The van der Waals surface area contributed by atoms with Crippen molar-refractivity contribution in [1.29, 1.82) is 0 Å². The molecule has 24 heteroatoms. The van der Waals surface area contributed by atoms with Gasteiger partial charge in [-0.15, -0.1) is 0 Å². The normalized spacial score (nSPS) is 13.4. The quantitative estimate of drug-likeness (QED) is 0.0159. The van der Waals surface area contributed by atoms with E-state index >= 15 is 38.4 Å². The summed E-state index contributed by atoms with van der Waals surface area (Å²) in [5.41, 5.74) is -2.41. The van der Waals surface area contributed by atoms with Gasteiger partial charge in [0.1, 0.15) is 48.3 Å². The largest absolute Gasteiger partial charge is 0.394 e. The molecule has 0 aliphatic heterocycles. The van der Waals surface area contributed by atoms with Crippen molar-refractivity contribution < 1.29 is 79.2 Å². The molecule has 0 aliphatic rings. The molecule has 0 spiro atoms. The average Bonchev–Trinajstić information content (AvgIpc) is 0.689. The van der Waals surface area contributed by atoms with Crippen LogP contribution in [0.15, 0.2) is 194 Å². The van der Waals surface area contributed by atoms with Crippen molar-refractivity contribution >= 4 is 103 Å². The molecule has 10 rings (SSSR count). The number of fused-ring (bicyclic) bond motifs is 1. The molecule has 8 atom stereocenters. The van der Waals surface area contributed by atoms with E-state index < -0.39 is 203 Å². The first-order valence-corrected chi connectivity index (χ1v) is 37.4. The van der Waals surface area contributed by atoms with Crippen LogP contribution in [-0.2, 0) is 0 Å². The van der Waals surface area contributed by atoms with E-state index in [0.29, 0.717) is 0 Å². The Morgan fingerprint density at radius 1 is 0.184 bits per heavy atom. The molecule has 10 aromatic rings. The van der Waals surface area contributed by atoms with Crippen LogP contribution in [0.3, 0.4) is 0 Å². The van der Waals surface area contributed by atoms with Crippen LogP contribution in [0.2, 0.25) is 0 Å². The summed E-state index contributed by atoms with van der Waals surface area (Å²) >= 11 is 0. The Bertz CT molecular complexity index is 4480. The summed E-state index contributed by atoms with van der Waals surface area (Å²) in [5, 5.41) is 118. The minimum Gasteiger partial charge on any atom is -0.394 e. The van der Waals surface area contributed by atoms with E-state index in [4.69, 9.17) is 0 Å². The van der Waals surface area contributed by atoms with Crippen LogP contribution in [0.25, 0.3) is 10.8 Å². The number of ketones is 8. The number of aliphatic hydroxyl groups excluding tert-OH is 8. The van der Waals surface area contributed by atoms with Gasteiger partial charge in [-0.3, -0.25) is 38.4 Å². The van der Waals surface area contributed by atoms with E-state index in [9.17, 15) is 40.9 Å². The Labute approximate surface area is 660 Å². The summed E-state index contributed by atoms with van der Waals surface area (Å²) in [4.78, 5) is 140. The zero-order valence-electron chi connectivity index (χ0n) is 64.6. The second-order valence-electron chi connectivity index (χ2n) is 28.6. The number of carbonyl (C=O) groups excluding carboxylic acids is 8. The minimum absolute atomic E-state index is 0.133. The molecule has 0 saturated heterocycles.